The Morgan fingerprint density at radius 2 is 0.889 bits per heavy atom. The van der Waals surface area contributed by atoms with Crippen LogP contribution in [0.2, 0.25) is 0 Å². The molecule has 0 aliphatic rings. The molecule has 0 radical (unpaired) electrons. The number of aromatic nitrogens is 7. The SMILES string of the molecule is Cc1ccc(C)cc1.Cc1cccc(C)c1.Cc1ccccc1C.Cc1ccn(C)n1.Cc1ccnc(C)c1.Cc1cnc(C)cn1.Cc1cnn(C)c1. The molecule has 7 aromatic rings. The van der Waals surface area contributed by atoms with Gasteiger partial charge in [0.15, 0.2) is 0 Å². The molecule has 0 atom stereocenters. The molecule has 0 spiro atoms. The quantitative estimate of drug-likeness (QED) is 0.156. The van der Waals surface area contributed by atoms with E-state index >= 15 is 0 Å². The Hall–Kier alpha value is -5.69. The predicted octanol–water partition coefficient (Wildman–Crippen LogP) is 11.2. The molecule has 0 N–H and O–H groups in total. The molecule has 0 amide bonds. The van der Waals surface area contributed by atoms with Crippen LogP contribution in [-0.2, 0) is 14.1 Å². The zero-order chi connectivity index (χ0) is 40.5. The summed E-state index contributed by atoms with van der Waals surface area (Å²) in [5, 5.41) is 7.96. The van der Waals surface area contributed by atoms with Gasteiger partial charge in [-0.15, -0.1) is 0 Å². The van der Waals surface area contributed by atoms with Crippen LogP contribution in [0.1, 0.15) is 67.3 Å². The van der Waals surface area contributed by atoms with Gasteiger partial charge in [-0.3, -0.25) is 24.3 Å². The number of benzene rings is 3. The Bertz CT molecular complexity index is 1750. The molecule has 0 saturated heterocycles. The van der Waals surface area contributed by atoms with Gasteiger partial charge in [-0.25, -0.2) is 0 Å². The number of rotatable bonds is 0. The predicted molar refractivity (Wildman–Crippen MR) is 229 cm³/mol. The average molecular weight is 726 g/mol. The van der Waals surface area contributed by atoms with Crippen LogP contribution in [0.3, 0.4) is 0 Å². The van der Waals surface area contributed by atoms with Gasteiger partial charge in [0.2, 0.25) is 0 Å². The minimum Gasteiger partial charge on any atom is -0.276 e. The zero-order valence-electron chi connectivity index (χ0n) is 35.3. The van der Waals surface area contributed by atoms with Gasteiger partial charge in [0.05, 0.1) is 23.3 Å². The maximum atomic E-state index is 4.04. The highest BCUT2D eigenvalue weighted by atomic mass is 15.2. The lowest BCUT2D eigenvalue weighted by molar-refractivity contribution is 0.756. The second-order valence-electron chi connectivity index (χ2n) is 13.5. The highest BCUT2D eigenvalue weighted by Gasteiger charge is 1.86. The van der Waals surface area contributed by atoms with E-state index in [1.54, 1.807) is 21.8 Å². The third kappa shape index (κ3) is 23.7. The van der Waals surface area contributed by atoms with Crippen molar-refractivity contribution in [2.45, 2.75) is 83.1 Å². The molecule has 0 unspecified atom stereocenters. The fourth-order valence-electron chi connectivity index (χ4n) is 4.33. The van der Waals surface area contributed by atoms with E-state index in [1.807, 2.05) is 85.6 Å². The first-order chi connectivity index (χ1) is 25.5. The third-order valence-electron chi connectivity index (χ3n) is 7.46. The van der Waals surface area contributed by atoms with Crippen LogP contribution in [0.5, 0.6) is 0 Å². The molecule has 0 aliphatic carbocycles. The van der Waals surface area contributed by atoms with E-state index in [9.17, 15) is 0 Å². The van der Waals surface area contributed by atoms with Crippen molar-refractivity contribution in [3.05, 3.63) is 195 Å². The van der Waals surface area contributed by atoms with Crippen LogP contribution in [0, 0.1) is 83.1 Å². The van der Waals surface area contributed by atoms with Crippen LogP contribution in [-0.4, -0.2) is 34.5 Å². The topological polar surface area (TPSA) is 74.3 Å². The molecule has 0 fully saturated rings. The summed E-state index contributed by atoms with van der Waals surface area (Å²) in [5.41, 5.74) is 14.7. The molecule has 7 nitrogen and oxygen atoms in total. The van der Waals surface area contributed by atoms with E-state index in [2.05, 4.69) is 152 Å². The summed E-state index contributed by atoms with van der Waals surface area (Å²) in [6.45, 7) is 24.5. The molecule has 54 heavy (non-hydrogen) atoms. The third-order valence-corrected chi connectivity index (χ3v) is 7.46. The van der Waals surface area contributed by atoms with Crippen LogP contribution in [0.4, 0.5) is 0 Å². The molecule has 0 aliphatic heterocycles. The van der Waals surface area contributed by atoms with Gasteiger partial charge in [-0.2, -0.15) is 10.2 Å². The van der Waals surface area contributed by atoms with Crippen LogP contribution >= 0.6 is 0 Å². The minimum absolute atomic E-state index is 0.968. The van der Waals surface area contributed by atoms with Crippen molar-refractivity contribution in [3.63, 3.8) is 0 Å². The van der Waals surface area contributed by atoms with Gasteiger partial charge in [0.25, 0.3) is 0 Å². The lowest BCUT2D eigenvalue weighted by Crippen LogP contribution is -1.86. The van der Waals surface area contributed by atoms with Gasteiger partial charge in [0.1, 0.15) is 0 Å². The van der Waals surface area contributed by atoms with Gasteiger partial charge in [-0.05, 0) is 124 Å². The number of hydrogen-bond acceptors (Lipinski definition) is 5. The van der Waals surface area contributed by atoms with Crippen molar-refractivity contribution in [3.8, 4) is 0 Å². The van der Waals surface area contributed by atoms with E-state index in [4.69, 9.17) is 0 Å². The Morgan fingerprint density at radius 1 is 0.389 bits per heavy atom. The fraction of sp³-hybridized carbons (Fsp3) is 0.298. The molecular weight excluding hydrogens is 663 g/mol. The molecule has 7 rings (SSSR count). The first-order valence-electron chi connectivity index (χ1n) is 18.2. The van der Waals surface area contributed by atoms with Gasteiger partial charge < -0.3 is 0 Å². The van der Waals surface area contributed by atoms with Gasteiger partial charge in [0, 0.05) is 50.8 Å². The number of hydrogen-bond donors (Lipinski definition) is 0. The molecule has 0 saturated carbocycles. The lowest BCUT2D eigenvalue weighted by atomic mass is 10.1. The van der Waals surface area contributed by atoms with Crippen molar-refractivity contribution in [2.24, 2.45) is 14.1 Å². The summed E-state index contributed by atoms with van der Waals surface area (Å²) in [6.07, 6.45) is 11.1. The Kier molecular flexibility index (Phi) is 22.4. The standard InChI is InChI=1S/3C8H10.C7H9N.C6H8N2.2C5H8N2/c1-7-3-5-8(2)6-4-7;1-7-4-3-5-8(2)6-7;1-7-5-3-4-6-8(7)2;1-6-3-4-8-7(2)5-6;1-5-3-8-6(2)4-7-5;1-5-3-6-7(2)4-5;1-5-3-4-7(2)6-5/h3*3-6H,1-2H3;3-5H,1-2H3;3-4H,1-2H3;2*3-4H,1-2H3. The smallest absolute Gasteiger partial charge is 0.0593 e. The molecule has 4 aromatic heterocycles. The molecule has 7 heteroatoms. The lowest BCUT2D eigenvalue weighted by Gasteiger charge is -1.93. The monoisotopic (exact) mass is 726 g/mol. The maximum absolute atomic E-state index is 4.04. The maximum Gasteiger partial charge on any atom is 0.0593 e. The molecule has 286 valence electrons. The summed E-state index contributed by atoms with van der Waals surface area (Å²) >= 11 is 0. The number of nitrogens with zero attached hydrogens (tertiary/aromatic N) is 7. The molecule has 4 heterocycles. The average Bonchev–Trinajstić information content (AvgIpc) is 3.70. The summed E-state index contributed by atoms with van der Waals surface area (Å²) in [5.74, 6) is 0. The fourth-order valence-corrected chi connectivity index (χ4v) is 4.33. The Balaban J connectivity index is 0.000000315. The van der Waals surface area contributed by atoms with Crippen LogP contribution < -0.4 is 0 Å². The summed E-state index contributed by atoms with van der Waals surface area (Å²) < 4.78 is 3.57. The molecular formula is C47H63N7. The van der Waals surface area contributed by atoms with Crippen molar-refractivity contribution < 1.29 is 0 Å². The van der Waals surface area contributed by atoms with E-state index in [0.29, 0.717) is 0 Å². The van der Waals surface area contributed by atoms with Gasteiger partial charge >= 0.3 is 0 Å². The first-order valence-corrected chi connectivity index (χ1v) is 18.2. The first kappa shape index (κ1) is 46.3. The largest absolute Gasteiger partial charge is 0.276 e. The number of pyridine rings is 1. The second-order valence-corrected chi connectivity index (χ2v) is 13.5. The molecule has 0 bridgehead atoms. The Morgan fingerprint density at radius 3 is 1.13 bits per heavy atom. The van der Waals surface area contributed by atoms with Crippen molar-refractivity contribution >= 4 is 0 Å². The molecule has 3 aromatic carbocycles. The van der Waals surface area contributed by atoms with E-state index in [1.165, 1.54) is 44.5 Å². The van der Waals surface area contributed by atoms with E-state index in [-0.39, 0.29) is 0 Å². The summed E-state index contributed by atoms with van der Waals surface area (Å²) in [4.78, 5) is 12.1. The highest BCUT2D eigenvalue weighted by Crippen LogP contribution is 2.03. The highest BCUT2D eigenvalue weighted by molar-refractivity contribution is 5.23. The Labute approximate surface area is 326 Å². The number of aryl methyl sites for hydroxylation is 14. The second kappa shape index (κ2) is 26.1. The zero-order valence-corrected chi connectivity index (χ0v) is 35.3. The van der Waals surface area contributed by atoms with E-state index in [0.717, 1.165) is 22.8 Å². The van der Waals surface area contributed by atoms with Crippen LogP contribution in [0.25, 0.3) is 0 Å². The minimum atomic E-state index is 0.968. The van der Waals surface area contributed by atoms with Gasteiger partial charge in [-0.1, -0.05) is 95.1 Å². The summed E-state index contributed by atoms with van der Waals surface area (Å²) in [6, 6.07) is 31.3. The van der Waals surface area contributed by atoms with Crippen molar-refractivity contribution in [2.75, 3.05) is 0 Å². The van der Waals surface area contributed by atoms with E-state index < -0.39 is 0 Å². The summed E-state index contributed by atoms with van der Waals surface area (Å²) in [7, 11) is 3.82. The van der Waals surface area contributed by atoms with Crippen molar-refractivity contribution in [1.82, 2.24) is 34.5 Å². The van der Waals surface area contributed by atoms with Crippen molar-refractivity contribution in [1.29, 1.82) is 0 Å². The van der Waals surface area contributed by atoms with Crippen LogP contribution in [0.15, 0.2) is 128 Å². The normalized spacial score (nSPS) is 9.30.